The Kier molecular flexibility index (Phi) is 8.10. The molecule has 2 amide bonds. The van der Waals surface area contributed by atoms with Gasteiger partial charge >= 0.3 is 6.09 Å². The lowest BCUT2D eigenvalue weighted by Gasteiger charge is -2.25. The number of nitrogens with zero attached hydrogens (tertiary/aromatic N) is 1. The van der Waals surface area contributed by atoms with E-state index < -0.39 is 17.7 Å². The average molecular weight is 381 g/mol. The summed E-state index contributed by atoms with van der Waals surface area (Å²) in [5.41, 5.74) is 0.991. The predicted molar refractivity (Wildman–Crippen MR) is 103 cm³/mol. The van der Waals surface area contributed by atoms with Gasteiger partial charge in [0.05, 0.1) is 12.2 Å². The Morgan fingerprint density at radius 1 is 1.27 bits per heavy atom. The maximum absolute atomic E-state index is 12.5. The molecule has 2 N–H and O–H groups in total. The minimum absolute atomic E-state index is 0.276. The van der Waals surface area contributed by atoms with E-state index in [2.05, 4.69) is 5.32 Å². The molecular formula is C18H27N3O4S. The van der Waals surface area contributed by atoms with Gasteiger partial charge in [-0.1, -0.05) is 24.3 Å². The van der Waals surface area contributed by atoms with Crippen molar-refractivity contribution >= 4 is 28.8 Å². The Labute approximate surface area is 158 Å². The summed E-state index contributed by atoms with van der Waals surface area (Å²) in [6.45, 7) is 5.26. The third kappa shape index (κ3) is 7.05. The summed E-state index contributed by atoms with van der Waals surface area (Å²) in [7, 11) is 2.86. The van der Waals surface area contributed by atoms with Gasteiger partial charge in [0, 0.05) is 19.0 Å². The van der Waals surface area contributed by atoms with Gasteiger partial charge in [0.2, 0.25) is 0 Å². The maximum Gasteiger partial charge on any atom is 0.408 e. The van der Waals surface area contributed by atoms with Crippen LogP contribution in [0.3, 0.4) is 0 Å². The monoisotopic (exact) mass is 381 g/mol. The first-order valence-electron chi connectivity index (χ1n) is 8.10. The minimum Gasteiger partial charge on any atom is -0.444 e. The van der Waals surface area contributed by atoms with Crippen LogP contribution < -0.4 is 5.32 Å². The number of hydrogen-bond acceptors (Lipinski definition) is 6. The molecule has 0 saturated carbocycles. The number of carbonyl (C=O) groups excluding carboxylic acids is 2. The van der Waals surface area contributed by atoms with Crippen LogP contribution in [0.1, 0.15) is 31.9 Å². The highest BCUT2D eigenvalue weighted by atomic mass is 32.2. The van der Waals surface area contributed by atoms with E-state index in [1.165, 1.54) is 25.9 Å². The second-order valence-corrected chi connectivity index (χ2v) is 7.47. The van der Waals surface area contributed by atoms with E-state index in [9.17, 15) is 9.59 Å². The Morgan fingerprint density at radius 2 is 1.85 bits per heavy atom. The number of nitrogens with one attached hydrogen (secondary N) is 2. The SMILES string of the molecule is CON(C)C(=O)C(Cc1ccc(C(=N)SC)cc1)NC(=O)OC(C)(C)C. The van der Waals surface area contributed by atoms with Gasteiger partial charge in [0.15, 0.2) is 0 Å². The third-order valence-corrected chi connectivity index (χ3v) is 4.08. The van der Waals surface area contributed by atoms with Gasteiger partial charge in [-0.05, 0) is 32.6 Å². The van der Waals surface area contributed by atoms with Crippen molar-refractivity contribution in [2.24, 2.45) is 0 Å². The molecule has 0 aliphatic carbocycles. The van der Waals surface area contributed by atoms with E-state index in [1.54, 1.807) is 20.8 Å². The smallest absolute Gasteiger partial charge is 0.408 e. The number of carbonyl (C=O) groups is 2. The van der Waals surface area contributed by atoms with Crippen molar-refractivity contribution in [2.45, 2.75) is 38.8 Å². The highest BCUT2D eigenvalue weighted by Gasteiger charge is 2.27. The van der Waals surface area contributed by atoms with Crippen LogP contribution in [-0.4, -0.2) is 54.2 Å². The summed E-state index contributed by atoms with van der Waals surface area (Å²) < 4.78 is 5.24. The van der Waals surface area contributed by atoms with E-state index in [1.807, 2.05) is 30.5 Å². The summed E-state index contributed by atoms with van der Waals surface area (Å²) >= 11 is 1.36. The molecule has 1 atom stereocenters. The highest BCUT2D eigenvalue weighted by Crippen LogP contribution is 2.13. The number of alkyl carbamates (subject to hydrolysis) is 1. The van der Waals surface area contributed by atoms with E-state index in [-0.39, 0.29) is 12.3 Å². The predicted octanol–water partition coefficient (Wildman–Crippen LogP) is 2.83. The fourth-order valence-corrected chi connectivity index (χ4v) is 2.48. The van der Waals surface area contributed by atoms with Crippen molar-refractivity contribution in [1.29, 1.82) is 5.41 Å². The molecule has 8 heteroatoms. The summed E-state index contributed by atoms with van der Waals surface area (Å²) in [6.07, 6.45) is 1.45. The van der Waals surface area contributed by atoms with Crippen LogP contribution in [0.25, 0.3) is 0 Å². The van der Waals surface area contributed by atoms with Gasteiger partial charge in [-0.3, -0.25) is 15.0 Å². The normalized spacial score (nSPS) is 12.2. The molecular weight excluding hydrogens is 354 g/mol. The van der Waals surface area contributed by atoms with E-state index in [0.717, 1.165) is 16.2 Å². The molecule has 144 valence electrons. The number of thioether (sulfide) groups is 1. The number of likely N-dealkylation sites (N-methyl/N-ethyl adjacent to an activating group) is 1. The zero-order valence-corrected chi connectivity index (χ0v) is 16.9. The highest BCUT2D eigenvalue weighted by molar-refractivity contribution is 8.13. The van der Waals surface area contributed by atoms with Crippen LogP contribution in [0.15, 0.2) is 24.3 Å². The Hall–Kier alpha value is -2.06. The van der Waals surface area contributed by atoms with E-state index >= 15 is 0 Å². The first kappa shape index (κ1) is 22.0. The first-order valence-corrected chi connectivity index (χ1v) is 9.33. The molecule has 0 radical (unpaired) electrons. The van der Waals surface area contributed by atoms with Crippen molar-refractivity contribution < 1.29 is 19.2 Å². The summed E-state index contributed by atoms with van der Waals surface area (Å²) in [6, 6.07) is 6.49. The molecule has 1 unspecified atom stereocenters. The van der Waals surface area contributed by atoms with Gasteiger partial charge in [-0.2, -0.15) is 0 Å². The standard InChI is InChI=1S/C18H27N3O4S/c1-18(2,3)25-17(23)20-14(16(22)21(4)24-5)11-12-7-9-13(10-8-12)15(19)26-6/h7-10,14,19H,11H2,1-6H3,(H,20,23). The van der Waals surface area contributed by atoms with Crippen LogP contribution in [0.2, 0.25) is 0 Å². The van der Waals surface area contributed by atoms with Crippen LogP contribution in [-0.2, 0) is 20.8 Å². The summed E-state index contributed by atoms with van der Waals surface area (Å²) in [5.74, 6) is -0.390. The maximum atomic E-state index is 12.5. The Morgan fingerprint density at radius 3 is 2.31 bits per heavy atom. The lowest BCUT2D eigenvalue weighted by Crippen LogP contribution is -2.49. The van der Waals surface area contributed by atoms with E-state index in [0.29, 0.717) is 5.04 Å². The average Bonchev–Trinajstić information content (AvgIpc) is 2.58. The molecule has 26 heavy (non-hydrogen) atoms. The van der Waals surface area contributed by atoms with Gasteiger partial charge < -0.3 is 10.1 Å². The fourth-order valence-electron chi connectivity index (χ4n) is 2.11. The molecule has 1 aromatic rings. The van der Waals surface area contributed by atoms with Crippen LogP contribution >= 0.6 is 11.8 Å². The number of benzene rings is 1. The van der Waals surface area contributed by atoms with Gasteiger partial charge in [-0.25, -0.2) is 9.86 Å². The number of hydroxylamine groups is 2. The molecule has 1 rings (SSSR count). The second-order valence-electron chi connectivity index (χ2n) is 6.65. The minimum atomic E-state index is -0.833. The zero-order valence-electron chi connectivity index (χ0n) is 16.1. The topological polar surface area (TPSA) is 91.7 Å². The second kappa shape index (κ2) is 9.59. The molecule has 0 bridgehead atoms. The van der Waals surface area contributed by atoms with Crippen molar-refractivity contribution in [2.75, 3.05) is 20.4 Å². The molecule has 0 heterocycles. The Balaban J connectivity index is 2.93. The number of amides is 2. The van der Waals surface area contributed by atoms with Gasteiger partial charge in [-0.15, -0.1) is 11.8 Å². The lowest BCUT2D eigenvalue weighted by molar-refractivity contribution is -0.171. The van der Waals surface area contributed by atoms with Gasteiger partial charge in [0.1, 0.15) is 11.6 Å². The molecule has 0 spiro atoms. The molecule has 0 aliphatic rings. The van der Waals surface area contributed by atoms with Crippen molar-refractivity contribution in [3.8, 4) is 0 Å². The summed E-state index contributed by atoms with van der Waals surface area (Å²) in [4.78, 5) is 29.5. The Bertz CT molecular complexity index is 641. The molecule has 0 fully saturated rings. The molecule has 1 aromatic carbocycles. The van der Waals surface area contributed by atoms with Crippen molar-refractivity contribution in [3.05, 3.63) is 35.4 Å². The van der Waals surface area contributed by atoms with Crippen LogP contribution in [0.5, 0.6) is 0 Å². The van der Waals surface area contributed by atoms with Crippen molar-refractivity contribution in [3.63, 3.8) is 0 Å². The van der Waals surface area contributed by atoms with Crippen LogP contribution in [0.4, 0.5) is 4.79 Å². The molecule has 0 aliphatic heterocycles. The summed E-state index contributed by atoms with van der Waals surface area (Å²) in [5, 5.41) is 12.0. The van der Waals surface area contributed by atoms with Gasteiger partial charge in [0.25, 0.3) is 5.91 Å². The molecule has 7 nitrogen and oxygen atoms in total. The molecule has 0 aromatic heterocycles. The lowest BCUT2D eigenvalue weighted by atomic mass is 10.0. The largest absolute Gasteiger partial charge is 0.444 e. The first-order chi connectivity index (χ1) is 12.1. The van der Waals surface area contributed by atoms with Crippen molar-refractivity contribution in [1.82, 2.24) is 10.4 Å². The van der Waals surface area contributed by atoms with Crippen LogP contribution in [0, 0.1) is 5.41 Å². The quantitative estimate of drug-likeness (QED) is 0.449. The number of ether oxygens (including phenoxy) is 1. The van der Waals surface area contributed by atoms with E-state index in [4.69, 9.17) is 15.0 Å². The number of rotatable bonds is 6. The molecule has 0 saturated heterocycles. The fraction of sp³-hybridized carbons (Fsp3) is 0.500. The zero-order chi connectivity index (χ0) is 19.9. The third-order valence-electron chi connectivity index (χ3n) is 3.43. The number of hydrogen-bond donors (Lipinski definition) is 2.